The quantitative estimate of drug-likeness (QED) is 0.646. The highest BCUT2D eigenvalue weighted by Gasteiger charge is 2.38. The van der Waals surface area contributed by atoms with Crippen molar-refractivity contribution in [3.63, 3.8) is 0 Å². The number of nitrogens with zero attached hydrogens (tertiary/aromatic N) is 1. The molecule has 0 bridgehead atoms. The molecule has 0 saturated carbocycles. The van der Waals surface area contributed by atoms with Gasteiger partial charge in [0.15, 0.2) is 0 Å². The number of nitro benzene ring substituents is 1. The summed E-state index contributed by atoms with van der Waals surface area (Å²) in [5, 5.41) is 20.9. The van der Waals surface area contributed by atoms with Crippen LogP contribution in [0.3, 0.4) is 0 Å². The summed E-state index contributed by atoms with van der Waals surface area (Å²) in [6.07, 6.45) is -4.88. The van der Waals surface area contributed by atoms with Crippen LogP contribution in [-0.2, 0) is 16.1 Å². The molecule has 1 fully saturated rings. The van der Waals surface area contributed by atoms with Crippen molar-refractivity contribution in [2.45, 2.75) is 18.9 Å². The van der Waals surface area contributed by atoms with Gasteiger partial charge in [-0.3, -0.25) is 10.1 Å². The first kappa shape index (κ1) is 17.9. The second kappa shape index (κ2) is 7.71. The number of carboxylic acids is 1. The molecular formula is C12H13F3N2O5. The molecule has 0 unspecified atom stereocenters. The van der Waals surface area contributed by atoms with Gasteiger partial charge in [0.25, 0.3) is 5.69 Å². The number of aliphatic carboxylic acids is 1. The molecule has 0 atom stereocenters. The third-order valence-corrected chi connectivity index (χ3v) is 2.65. The molecule has 22 heavy (non-hydrogen) atoms. The van der Waals surface area contributed by atoms with E-state index in [1.165, 1.54) is 6.07 Å². The molecule has 122 valence electrons. The number of nitro groups is 1. The lowest BCUT2D eigenvalue weighted by atomic mass is 10.2. The smallest absolute Gasteiger partial charge is 0.475 e. The topological polar surface area (TPSA) is 102 Å². The first-order valence-corrected chi connectivity index (χ1v) is 6.06. The van der Waals surface area contributed by atoms with Gasteiger partial charge >= 0.3 is 12.1 Å². The van der Waals surface area contributed by atoms with Gasteiger partial charge in [0.1, 0.15) is 0 Å². The largest absolute Gasteiger partial charge is 0.490 e. The molecule has 0 aliphatic carbocycles. The van der Waals surface area contributed by atoms with Gasteiger partial charge in [0.2, 0.25) is 0 Å². The number of nitrogens with one attached hydrogen (secondary N) is 1. The van der Waals surface area contributed by atoms with Crippen LogP contribution in [-0.4, -0.2) is 41.4 Å². The van der Waals surface area contributed by atoms with E-state index in [2.05, 4.69) is 5.32 Å². The second-order valence-electron chi connectivity index (χ2n) is 4.28. The number of benzene rings is 1. The Bertz CT molecular complexity index is 532. The van der Waals surface area contributed by atoms with E-state index in [1.807, 2.05) is 0 Å². The average molecular weight is 322 g/mol. The minimum Gasteiger partial charge on any atom is -0.475 e. The number of hydrogen-bond donors (Lipinski definition) is 2. The highest BCUT2D eigenvalue weighted by molar-refractivity contribution is 5.73. The first-order valence-electron chi connectivity index (χ1n) is 6.06. The predicted molar refractivity (Wildman–Crippen MR) is 68.2 cm³/mol. The van der Waals surface area contributed by atoms with Crippen LogP contribution in [0.5, 0.6) is 0 Å². The van der Waals surface area contributed by atoms with Crippen LogP contribution in [0, 0.1) is 10.1 Å². The molecule has 1 aliphatic rings. The summed E-state index contributed by atoms with van der Waals surface area (Å²) in [6.45, 7) is 1.98. The van der Waals surface area contributed by atoms with Gasteiger partial charge in [-0.05, 0) is 6.07 Å². The zero-order chi connectivity index (χ0) is 16.8. The Labute approximate surface area is 122 Å². The normalized spacial score (nSPS) is 14.5. The van der Waals surface area contributed by atoms with Crippen LogP contribution < -0.4 is 5.32 Å². The van der Waals surface area contributed by atoms with Crippen molar-refractivity contribution in [2.75, 3.05) is 13.1 Å². The summed E-state index contributed by atoms with van der Waals surface area (Å²) in [6, 6.07) is 6.67. The fourth-order valence-corrected chi connectivity index (χ4v) is 1.40. The van der Waals surface area contributed by atoms with E-state index >= 15 is 0 Å². The zero-order valence-electron chi connectivity index (χ0n) is 11.2. The molecular weight excluding hydrogens is 309 g/mol. The molecule has 1 aromatic carbocycles. The number of alkyl halides is 3. The molecule has 1 aromatic rings. The second-order valence-corrected chi connectivity index (χ2v) is 4.28. The number of ether oxygens (including phenoxy) is 1. The molecule has 0 amide bonds. The first-order chi connectivity index (χ1) is 10.2. The molecule has 2 rings (SSSR count). The lowest BCUT2D eigenvalue weighted by molar-refractivity contribution is -0.386. The van der Waals surface area contributed by atoms with Crippen molar-refractivity contribution in [1.29, 1.82) is 0 Å². The number of para-hydroxylation sites is 1. The Morgan fingerprint density at radius 1 is 1.41 bits per heavy atom. The van der Waals surface area contributed by atoms with Crippen LogP contribution in [0.4, 0.5) is 18.9 Å². The molecule has 0 aromatic heterocycles. The molecule has 1 saturated heterocycles. The van der Waals surface area contributed by atoms with E-state index in [4.69, 9.17) is 14.6 Å². The fourth-order valence-electron chi connectivity index (χ4n) is 1.40. The van der Waals surface area contributed by atoms with Gasteiger partial charge < -0.3 is 15.2 Å². The summed E-state index contributed by atoms with van der Waals surface area (Å²) >= 11 is 0. The number of hydrogen-bond acceptors (Lipinski definition) is 5. The molecule has 7 nitrogen and oxygen atoms in total. The summed E-state index contributed by atoms with van der Waals surface area (Å²) in [5.41, 5.74) is 0.763. The minimum absolute atomic E-state index is 0.129. The predicted octanol–water partition coefficient (Wildman–Crippen LogP) is 1.72. The van der Waals surface area contributed by atoms with Crippen molar-refractivity contribution in [1.82, 2.24) is 5.32 Å². The maximum absolute atomic E-state index is 10.7. The number of rotatable bonds is 4. The summed E-state index contributed by atoms with van der Waals surface area (Å²) in [7, 11) is 0. The highest BCUT2D eigenvalue weighted by atomic mass is 19.4. The summed E-state index contributed by atoms with van der Waals surface area (Å²) in [5.74, 6) is -2.76. The summed E-state index contributed by atoms with van der Waals surface area (Å²) in [4.78, 5) is 19.2. The van der Waals surface area contributed by atoms with Gasteiger partial charge in [-0.1, -0.05) is 12.1 Å². The lowest BCUT2D eigenvalue weighted by Gasteiger charge is -2.26. The van der Waals surface area contributed by atoms with Gasteiger partial charge in [-0.2, -0.15) is 13.2 Å². The van der Waals surface area contributed by atoms with Crippen molar-refractivity contribution >= 4 is 11.7 Å². The number of carboxylic acid groups (broad SMARTS) is 1. The molecule has 10 heteroatoms. The zero-order valence-corrected chi connectivity index (χ0v) is 11.2. The third kappa shape index (κ3) is 5.66. The SMILES string of the molecule is O=C(O)C(F)(F)F.O=[N+]([O-])c1ccccc1COC1CNC1. The third-order valence-electron chi connectivity index (χ3n) is 2.65. The molecule has 1 aliphatic heterocycles. The van der Waals surface area contributed by atoms with Crippen molar-refractivity contribution in [3.05, 3.63) is 39.9 Å². The summed E-state index contributed by atoms with van der Waals surface area (Å²) < 4.78 is 37.2. The molecule has 0 radical (unpaired) electrons. The highest BCUT2D eigenvalue weighted by Crippen LogP contribution is 2.19. The Morgan fingerprint density at radius 2 is 1.95 bits per heavy atom. The van der Waals surface area contributed by atoms with E-state index in [1.54, 1.807) is 18.2 Å². The van der Waals surface area contributed by atoms with Crippen LogP contribution >= 0.6 is 0 Å². The lowest BCUT2D eigenvalue weighted by Crippen LogP contribution is -2.48. The van der Waals surface area contributed by atoms with E-state index in [0.29, 0.717) is 12.2 Å². The molecule has 0 spiro atoms. The Balaban J connectivity index is 0.000000295. The van der Waals surface area contributed by atoms with E-state index in [9.17, 15) is 23.3 Å². The van der Waals surface area contributed by atoms with E-state index in [-0.39, 0.29) is 16.7 Å². The van der Waals surface area contributed by atoms with E-state index < -0.39 is 12.1 Å². The number of halogens is 3. The molecule has 1 heterocycles. The Kier molecular flexibility index (Phi) is 6.25. The Morgan fingerprint density at radius 3 is 2.36 bits per heavy atom. The van der Waals surface area contributed by atoms with Crippen LogP contribution in [0.15, 0.2) is 24.3 Å². The van der Waals surface area contributed by atoms with E-state index in [0.717, 1.165) is 13.1 Å². The maximum atomic E-state index is 10.7. The standard InChI is InChI=1S/C10H12N2O3.C2HF3O2/c13-12(14)10-4-2-1-3-8(10)7-15-9-5-11-6-9;3-2(4,5)1(6)7/h1-4,9,11H,5-7H2;(H,6,7). The molecule has 2 N–H and O–H groups in total. The number of carbonyl (C=O) groups is 1. The van der Waals surface area contributed by atoms with Gasteiger partial charge in [-0.15, -0.1) is 0 Å². The maximum Gasteiger partial charge on any atom is 0.490 e. The minimum atomic E-state index is -5.08. The monoisotopic (exact) mass is 322 g/mol. The average Bonchev–Trinajstić information content (AvgIpc) is 2.37. The van der Waals surface area contributed by atoms with Crippen LogP contribution in [0.2, 0.25) is 0 Å². The van der Waals surface area contributed by atoms with Crippen LogP contribution in [0.25, 0.3) is 0 Å². The fraction of sp³-hybridized carbons (Fsp3) is 0.417. The van der Waals surface area contributed by atoms with Crippen molar-refractivity contribution in [2.24, 2.45) is 0 Å². The van der Waals surface area contributed by atoms with Gasteiger partial charge in [-0.25, -0.2) is 4.79 Å². The van der Waals surface area contributed by atoms with Crippen LogP contribution in [0.1, 0.15) is 5.56 Å². The van der Waals surface area contributed by atoms with Crippen molar-refractivity contribution < 1.29 is 32.7 Å². The van der Waals surface area contributed by atoms with Crippen molar-refractivity contribution in [3.8, 4) is 0 Å². The van der Waals surface area contributed by atoms with Gasteiger partial charge in [0.05, 0.1) is 23.2 Å². The van der Waals surface area contributed by atoms with Gasteiger partial charge in [0, 0.05) is 19.2 Å². The Hall–Kier alpha value is -2.20.